The lowest BCUT2D eigenvalue weighted by molar-refractivity contribution is -0.123. The van der Waals surface area contributed by atoms with Crippen molar-refractivity contribution < 1.29 is 19.1 Å². The molecule has 0 aromatic carbocycles. The van der Waals surface area contributed by atoms with Crippen molar-refractivity contribution in [2.24, 2.45) is 0 Å². The van der Waals surface area contributed by atoms with Crippen molar-refractivity contribution in [3.05, 3.63) is 12.7 Å². The maximum absolute atomic E-state index is 11.8. The van der Waals surface area contributed by atoms with Gasteiger partial charge in [-0.15, -0.1) is 6.58 Å². The zero-order valence-corrected chi connectivity index (χ0v) is 11.3. The topological polar surface area (TPSA) is 96.5 Å². The number of carbonyl (C=O) groups is 3. The van der Waals surface area contributed by atoms with Gasteiger partial charge in [-0.25, -0.2) is 9.59 Å². The molecule has 0 unspecified atom stereocenters. The fraction of sp³-hybridized carbons (Fsp3) is 0.583. The highest BCUT2D eigenvalue weighted by molar-refractivity contribution is 6.07. The van der Waals surface area contributed by atoms with E-state index in [9.17, 15) is 14.4 Å². The maximum Gasteiger partial charge on any atom is 0.407 e. The van der Waals surface area contributed by atoms with Crippen LogP contribution in [0, 0.1) is 0 Å². The second-order valence-corrected chi connectivity index (χ2v) is 5.34. The Morgan fingerprint density at radius 3 is 2.53 bits per heavy atom. The Labute approximate surface area is 111 Å². The highest BCUT2D eigenvalue weighted by atomic mass is 16.6. The summed E-state index contributed by atoms with van der Waals surface area (Å²) in [7, 11) is 0. The van der Waals surface area contributed by atoms with Crippen LogP contribution in [0.1, 0.15) is 27.2 Å². The Morgan fingerprint density at radius 1 is 1.47 bits per heavy atom. The second kappa shape index (κ2) is 5.29. The van der Waals surface area contributed by atoms with E-state index in [2.05, 4.69) is 22.5 Å². The summed E-state index contributed by atoms with van der Waals surface area (Å²) < 4.78 is 5.06. The molecule has 1 fully saturated rings. The van der Waals surface area contributed by atoms with Crippen molar-refractivity contribution in [1.82, 2.24) is 16.0 Å². The Hall–Kier alpha value is -2.05. The van der Waals surface area contributed by atoms with Crippen LogP contribution in [0.4, 0.5) is 9.59 Å². The monoisotopic (exact) mass is 269 g/mol. The van der Waals surface area contributed by atoms with Crippen LogP contribution in [0.15, 0.2) is 12.7 Å². The summed E-state index contributed by atoms with van der Waals surface area (Å²) >= 11 is 0. The van der Waals surface area contributed by atoms with Crippen LogP contribution >= 0.6 is 0 Å². The smallest absolute Gasteiger partial charge is 0.407 e. The Kier molecular flexibility index (Phi) is 4.18. The third-order valence-corrected chi connectivity index (χ3v) is 2.44. The summed E-state index contributed by atoms with van der Waals surface area (Å²) in [4.78, 5) is 34.5. The summed E-state index contributed by atoms with van der Waals surface area (Å²) in [5.41, 5.74) is -1.83. The molecule has 1 heterocycles. The third kappa shape index (κ3) is 3.97. The molecule has 106 valence electrons. The first-order chi connectivity index (χ1) is 8.68. The molecule has 1 saturated heterocycles. The third-order valence-electron chi connectivity index (χ3n) is 2.44. The number of urea groups is 1. The number of nitrogens with one attached hydrogen (secondary N) is 3. The number of hydrogen-bond acceptors (Lipinski definition) is 4. The molecule has 1 aliphatic rings. The summed E-state index contributed by atoms with van der Waals surface area (Å²) in [5, 5.41) is 7.10. The lowest BCUT2D eigenvalue weighted by Crippen LogP contribution is -2.55. The first kappa shape index (κ1) is 15.0. The number of carbonyl (C=O) groups excluding carboxylic acids is 3. The molecule has 4 amide bonds. The second-order valence-electron chi connectivity index (χ2n) is 5.34. The lowest BCUT2D eigenvalue weighted by Gasteiger charge is -2.26. The van der Waals surface area contributed by atoms with Gasteiger partial charge in [0.15, 0.2) is 0 Å². The highest BCUT2D eigenvalue weighted by Crippen LogP contribution is 2.15. The molecule has 0 bridgehead atoms. The number of rotatable bonds is 4. The van der Waals surface area contributed by atoms with Crippen molar-refractivity contribution in [2.45, 2.75) is 38.3 Å². The Balaban J connectivity index is 2.66. The first-order valence-electron chi connectivity index (χ1n) is 5.90. The van der Waals surface area contributed by atoms with Gasteiger partial charge in [0.2, 0.25) is 0 Å². The Bertz CT molecular complexity index is 414. The molecule has 0 saturated carbocycles. The van der Waals surface area contributed by atoms with Gasteiger partial charge in [0, 0.05) is 0 Å². The Morgan fingerprint density at radius 2 is 2.11 bits per heavy atom. The van der Waals surface area contributed by atoms with Crippen molar-refractivity contribution in [2.75, 3.05) is 6.54 Å². The maximum atomic E-state index is 11.8. The fourth-order valence-corrected chi connectivity index (χ4v) is 1.65. The van der Waals surface area contributed by atoms with E-state index in [1.807, 2.05) is 0 Å². The number of hydrogen-bond donors (Lipinski definition) is 3. The molecule has 7 nitrogen and oxygen atoms in total. The van der Waals surface area contributed by atoms with Gasteiger partial charge in [0.1, 0.15) is 11.1 Å². The van der Waals surface area contributed by atoms with E-state index in [4.69, 9.17) is 4.74 Å². The van der Waals surface area contributed by atoms with Gasteiger partial charge in [0.25, 0.3) is 5.91 Å². The molecule has 0 spiro atoms. The van der Waals surface area contributed by atoms with Gasteiger partial charge in [0.05, 0.1) is 6.54 Å². The molecule has 0 aromatic rings. The highest BCUT2D eigenvalue weighted by Gasteiger charge is 2.45. The molecule has 0 radical (unpaired) electrons. The number of imide groups is 1. The van der Waals surface area contributed by atoms with Gasteiger partial charge in [-0.3, -0.25) is 10.1 Å². The average Bonchev–Trinajstić information content (AvgIpc) is 2.49. The zero-order chi connectivity index (χ0) is 14.7. The van der Waals surface area contributed by atoms with E-state index in [0.29, 0.717) is 0 Å². The summed E-state index contributed by atoms with van der Waals surface area (Å²) in [5.74, 6) is -0.492. The van der Waals surface area contributed by atoms with Crippen molar-refractivity contribution in [3.8, 4) is 0 Å². The SMILES string of the molecule is C=CC[C@]1(CNC(=O)OC(C)(C)C)NC(=O)NC1=O. The van der Waals surface area contributed by atoms with E-state index >= 15 is 0 Å². The molecular formula is C12H19N3O4. The molecule has 1 rings (SSSR count). The molecule has 1 atom stereocenters. The van der Waals surface area contributed by atoms with Crippen molar-refractivity contribution in [3.63, 3.8) is 0 Å². The first-order valence-corrected chi connectivity index (χ1v) is 5.90. The van der Waals surface area contributed by atoms with Crippen LogP contribution in [0.5, 0.6) is 0 Å². The van der Waals surface area contributed by atoms with Crippen LogP contribution < -0.4 is 16.0 Å². The van der Waals surface area contributed by atoms with E-state index in [1.165, 1.54) is 6.08 Å². The van der Waals surface area contributed by atoms with Gasteiger partial charge in [-0.2, -0.15) is 0 Å². The van der Waals surface area contributed by atoms with Crippen LogP contribution in [0.3, 0.4) is 0 Å². The molecular weight excluding hydrogens is 250 g/mol. The molecule has 1 aliphatic heterocycles. The molecule has 0 aliphatic carbocycles. The van der Waals surface area contributed by atoms with E-state index in [-0.39, 0.29) is 13.0 Å². The summed E-state index contributed by atoms with van der Waals surface area (Å²) in [6.45, 7) is 8.67. The lowest BCUT2D eigenvalue weighted by atomic mass is 9.95. The van der Waals surface area contributed by atoms with Crippen LogP contribution in [0.2, 0.25) is 0 Å². The molecule has 0 aromatic heterocycles. The largest absolute Gasteiger partial charge is 0.444 e. The summed E-state index contributed by atoms with van der Waals surface area (Å²) in [6, 6.07) is -0.585. The minimum atomic E-state index is -1.20. The van der Waals surface area contributed by atoms with Crippen LogP contribution in [-0.4, -0.2) is 35.7 Å². The molecule has 7 heteroatoms. The molecule has 19 heavy (non-hydrogen) atoms. The molecule has 3 N–H and O–H groups in total. The standard InChI is InChI=1S/C12H19N3O4/c1-5-6-12(8(16)14-9(17)15-12)7-13-10(18)19-11(2,3)4/h5H,1,6-7H2,2-4H3,(H,13,18)(H2,14,15,16,17)/t12-/m1/s1. The zero-order valence-electron chi connectivity index (χ0n) is 11.3. The van der Waals surface area contributed by atoms with Gasteiger partial charge in [-0.1, -0.05) is 6.08 Å². The normalized spacial score (nSPS) is 22.5. The fourth-order valence-electron chi connectivity index (χ4n) is 1.65. The van der Waals surface area contributed by atoms with Gasteiger partial charge < -0.3 is 15.4 Å². The average molecular weight is 269 g/mol. The minimum Gasteiger partial charge on any atom is -0.444 e. The predicted octanol–water partition coefficient (Wildman–Crippen LogP) is 0.665. The quantitative estimate of drug-likeness (QED) is 0.516. The predicted molar refractivity (Wildman–Crippen MR) is 68.5 cm³/mol. The number of alkyl carbamates (subject to hydrolysis) is 1. The van der Waals surface area contributed by atoms with Crippen molar-refractivity contribution >= 4 is 18.0 Å². The van der Waals surface area contributed by atoms with Crippen LogP contribution in [-0.2, 0) is 9.53 Å². The van der Waals surface area contributed by atoms with Crippen LogP contribution in [0.25, 0.3) is 0 Å². The van der Waals surface area contributed by atoms with Gasteiger partial charge >= 0.3 is 12.1 Å². The van der Waals surface area contributed by atoms with E-state index in [0.717, 1.165) is 0 Å². The summed E-state index contributed by atoms with van der Waals surface area (Å²) in [6.07, 6.45) is 1.06. The number of amides is 4. The van der Waals surface area contributed by atoms with Gasteiger partial charge in [-0.05, 0) is 27.2 Å². The minimum absolute atomic E-state index is 0.0640. The number of ether oxygens (including phenoxy) is 1. The van der Waals surface area contributed by atoms with E-state index < -0.39 is 29.2 Å². The van der Waals surface area contributed by atoms with Crippen molar-refractivity contribution in [1.29, 1.82) is 0 Å². The van der Waals surface area contributed by atoms with E-state index in [1.54, 1.807) is 20.8 Å².